The number of para-hydroxylation sites is 2. The zero-order valence-corrected chi connectivity index (χ0v) is 9.53. The number of nitrogens with one attached hydrogen (secondary N) is 1. The number of rotatable bonds is 2. The van der Waals surface area contributed by atoms with E-state index in [1.165, 1.54) is 0 Å². The Kier molecular flexibility index (Phi) is 2.25. The molecule has 4 nitrogen and oxygen atoms in total. The third-order valence-corrected chi connectivity index (χ3v) is 3.11. The molecule has 0 amide bonds. The number of benzene rings is 1. The first-order valence-corrected chi connectivity index (χ1v) is 6.20. The third kappa shape index (κ3) is 1.53. The van der Waals surface area contributed by atoms with Crippen LogP contribution in [-0.4, -0.2) is 16.2 Å². The normalized spacial score (nSPS) is 19.3. The summed E-state index contributed by atoms with van der Waals surface area (Å²) in [5.74, 6) is 0.856. The van der Waals surface area contributed by atoms with Crippen molar-refractivity contribution in [3.63, 3.8) is 0 Å². The van der Waals surface area contributed by atoms with Crippen LogP contribution in [0.15, 0.2) is 45.6 Å². The van der Waals surface area contributed by atoms with Crippen LogP contribution in [0, 0.1) is 0 Å². The number of azo groups is 1. The van der Waals surface area contributed by atoms with Gasteiger partial charge in [0.15, 0.2) is 0 Å². The van der Waals surface area contributed by atoms with Crippen molar-refractivity contribution < 1.29 is 0 Å². The van der Waals surface area contributed by atoms with Crippen LogP contribution in [0.2, 0.25) is 0 Å². The molecular formula is C11H10N4S. The average molecular weight is 230 g/mol. The fourth-order valence-corrected chi connectivity index (χ4v) is 2.07. The first kappa shape index (κ1) is 9.59. The lowest BCUT2D eigenvalue weighted by molar-refractivity contribution is 0.817. The van der Waals surface area contributed by atoms with E-state index in [0.717, 1.165) is 21.9 Å². The predicted octanol–water partition coefficient (Wildman–Crippen LogP) is 3.27. The maximum atomic E-state index is 4.50. The van der Waals surface area contributed by atoms with Gasteiger partial charge in [0, 0.05) is 0 Å². The van der Waals surface area contributed by atoms with Crippen molar-refractivity contribution in [3.8, 4) is 0 Å². The Balaban J connectivity index is 2.02. The first-order valence-electron chi connectivity index (χ1n) is 4.98. The van der Waals surface area contributed by atoms with Crippen LogP contribution in [0.5, 0.6) is 0 Å². The standard InChI is InChI=1S/C11H10N4S/c1-16-10-6-9(14-15-10)11-12-7-4-2-3-5-8(7)13-11/h2-6,9H,1H3,(H,12,13). The molecule has 1 aliphatic heterocycles. The van der Waals surface area contributed by atoms with E-state index >= 15 is 0 Å². The van der Waals surface area contributed by atoms with Gasteiger partial charge in [0.25, 0.3) is 0 Å². The molecule has 0 radical (unpaired) electrons. The summed E-state index contributed by atoms with van der Waals surface area (Å²) < 4.78 is 0. The number of nitrogens with zero attached hydrogens (tertiary/aromatic N) is 3. The molecule has 2 aromatic rings. The van der Waals surface area contributed by atoms with E-state index in [4.69, 9.17) is 0 Å². The van der Waals surface area contributed by atoms with Crippen molar-refractivity contribution in [2.24, 2.45) is 10.2 Å². The summed E-state index contributed by atoms with van der Waals surface area (Å²) in [6.07, 6.45) is 4.01. The molecular weight excluding hydrogens is 220 g/mol. The highest BCUT2D eigenvalue weighted by Crippen LogP contribution is 2.30. The second-order valence-electron chi connectivity index (χ2n) is 3.51. The molecule has 80 valence electrons. The van der Waals surface area contributed by atoms with Crippen molar-refractivity contribution in [2.45, 2.75) is 6.04 Å². The lowest BCUT2D eigenvalue weighted by atomic mass is 10.3. The molecule has 0 bridgehead atoms. The highest BCUT2D eigenvalue weighted by molar-refractivity contribution is 8.02. The van der Waals surface area contributed by atoms with Crippen LogP contribution in [-0.2, 0) is 0 Å². The van der Waals surface area contributed by atoms with Crippen LogP contribution in [0.25, 0.3) is 11.0 Å². The second kappa shape index (κ2) is 3.75. The van der Waals surface area contributed by atoms with Gasteiger partial charge in [-0.15, -0.1) is 16.9 Å². The number of fused-ring (bicyclic) bond motifs is 1. The van der Waals surface area contributed by atoms with Gasteiger partial charge in [-0.05, 0) is 24.5 Å². The summed E-state index contributed by atoms with van der Waals surface area (Å²) in [5.41, 5.74) is 2.01. The Labute approximate surface area is 96.9 Å². The molecule has 1 atom stereocenters. The van der Waals surface area contributed by atoms with Gasteiger partial charge in [0.05, 0.1) is 11.0 Å². The van der Waals surface area contributed by atoms with E-state index in [1.807, 2.05) is 36.6 Å². The highest BCUT2D eigenvalue weighted by atomic mass is 32.2. The van der Waals surface area contributed by atoms with E-state index < -0.39 is 0 Å². The lowest BCUT2D eigenvalue weighted by Crippen LogP contribution is -1.90. The monoisotopic (exact) mass is 230 g/mol. The molecule has 1 unspecified atom stereocenters. The molecule has 0 fully saturated rings. The van der Waals surface area contributed by atoms with Crippen molar-refractivity contribution in [3.05, 3.63) is 41.2 Å². The summed E-state index contributed by atoms with van der Waals surface area (Å²) in [6, 6.07) is 7.91. The molecule has 0 saturated carbocycles. The number of H-pyrrole nitrogens is 1. The summed E-state index contributed by atoms with van der Waals surface area (Å²) in [4.78, 5) is 7.76. The van der Waals surface area contributed by atoms with Crippen molar-refractivity contribution in [1.29, 1.82) is 0 Å². The van der Waals surface area contributed by atoms with Gasteiger partial charge >= 0.3 is 0 Å². The highest BCUT2D eigenvalue weighted by Gasteiger charge is 2.17. The largest absolute Gasteiger partial charge is 0.340 e. The van der Waals surface area contributed by atoms with Crippen LogP contribution in [0.1, 0.15) is 11.9 Å². The first-order chi connectivity index (χ1) is 7.86. The van der Waals surface area contributed by atoms with Crippen molar-refractivity contribution in [2.75, 3.05) is 6.26 Å². The van der Waals surface area contributed by atoms with Crippen LogP contribution in [0.3, 0.4) is 0 Å². The molecule has 2 heterocycles. The molecule has 0 spiro atoms. The smallest absolute Gasteiger partial charge is 0.150 e. The molecule has 1 aromatic heterocycles. The number of aromatic nitrogens is 2. The molecule has 1 aliphatic rings. The Morgan fingerprint density at radius 1 is 1.31 bits per heavy atom. The quantitative estimate of drug-likeness (QED) is 0.860. The van der Waals surface area contributed by atoms with E-state index in [-0.39, 0.29) is 6.04 Å². The fraction of sp³-hybridized carbons (Fsp3) is 0.182. The van der Waals surface area contributed by atoms with Crippen LogP contribution < -0.4 is 0 Å². The van der Waals surface area contributed by atoms with Crippen LogP contribution >= 0.6 is 11.8 Å². The van der Waals surface area contributed by atoms with Gasteiger partial charge in [0.1, 0.15) is 16.9 Å². The lowest BCUT2D eigenvalue weighted by Gasteiger charge is -1.95. The van der Waals surface area contributed by atoms with Gasteiger partial charge in [-0.25, -0.2) is 4.98 Å². The van der Waals surface area contributed by atoms with Gasteiger partial charge in [0.2, 0.25) is 0 Å². The Bertz CT molecular complexity index is 551. The summed E-state index contributed by atoms with van der Waals surface area (Å²) >= 11 is 1.60. The average Bonchev–Trinajstić information content (AvgIpc) is 2.95. The van der Waals surface area contributed by atoms with E-state index in [0.29, 0.717) is 0 Å². The van der Waals surface area contributed by atoms with Crippen molar-refractivity contribution >= 4 is 22.8 Å². The number of thioether (sulfide) groups is 1. The molecule has 0 aliphatic carbocycles. The van der Waals surface area contributed by atoms with Crippen LogP contribution in [0.4, 0.5) is 0 Å². The minimum absolute atomic E-state index is 0.0603. The molecule has 1 aromatic carbocycles. The zero-order valence-electron chi connectivity index (χ0n) is 8.71. The SMILES string of the molecule is CSC1=CC(c2nc3ccccc3[nH]2)N=N1. The Morgan fingerprint density at radius 3 is 2.94 bits per heavy atom. The minimum atomic E-state index is -0.0603. The van der Waals surface area contributed by atoms with Gasteiger partial charge in [-0.1, -0.05) is 12.1 Å². The maximum Gasteiger partial charge on any atom is 0.150 e. The van der Waals surface area contributed by atoms with Crippen molar-refractivity contribution in [1.82, 2.24) is 9.97 Å². The molecule has 0 saturated heterocycles. The number of imidazole rings is 1. The topological polar surface area (TPSA) is 53.4 Å². The second-order valence-corrected chi connectivity index (χ2v) is 4.34. The van der Waals surface area contributed by atoms with Gasteiger partial charge in [-0.3, -0.25) is 0 Å². The van der Waals surface area contributed by atoms with Gasteiger partial charge < -0.3 is 4.98 Å². The third-order valence-electron chi connectivity index (χ3n) is 2.48. The van der Waals surface area contributed by atoms with E-state index in [9.17, 15) is 0 Å². The number of hydrogen-bond donors (Lipinski definition) is 1. The number of hydrogen-bond acceptors (Lipinski definition) is 4. The molecule has 1 N–H and O–H groups in total. The maximum absolute atomic E-state index is 4.50. The Morgan fingerprint density at radius 2 is 2.19 bits per heavy atom. The predicted molar refractivity (Wildman–Crippen MR) is 65.3 cm³/mol. The minimum Gasteiger partial charge on any atom is -0.340 e. The summed E-state index contributed by atoms with van der Waals surface area (Å²) in [5, 5.41) is 9.19. The molecule has 5 heteroatoms. The zero-order chi connectivity index (χ0) is 11.0. The molecule has 16 heavy (non-hydrogen) atoms. The van der Waals surface area contributed by atoms with Gasteiger partial charge in [-0.2, -0.15) is 5.11 Å². The fourth-order valence-electron chi connectivity index (χ4n) is 1.68. The number of aromatic amines is 1. The van der Waals surface area contributed by atoms with E-state index in [2.05, 4.69) is 20.2 Å². The summed E-state index contributed by atoms with van der Waals surface area (Å²) in [7, 11) is 0. The van der Waals surface area contributed by atoms with E-state index in [1.54, 1.807) is 11.8 Å². The summed E-state index contributed by atoms with van der Waals surface area (Å²) in [6.45, 7) is 0. The molecule has 3 rings (SSSR count). The Hall–Kier alpha value is -1.62.